The molecule has 2 aliphatic rings. The third-order valence-electron chi connectivity index (χ3n) is 5.52. The molecule has 2 aromatic carbocycles. The summed E-state index contributed by atoms with van der Waals surface area (Å²) in [6.45, 7) is 3.56. The van der Waals surface area contributed by atoms with Crippen LogP contribution in [0.4, 0.5) is 11.4 Å². The van der Waals surface area contributed by atoms with Crippen LogP contribution in [-0.2, 0) is 24.8 Å². The molecule has 2 aliphatic heterocycles. The van der Waals surface area contributed by atoms with Gasteiger partial charge >= 0.3 is 0 Å². The molecule has 0 aromatic heterocycles. The molecule has 0 radical (unpaired) electrons. The average molecular weight is 480 g/mol. The minimum Gasteiger partial charge on any atom is -0.492 e. The number of ether oxygens (including phenoxy) is 1. The lowest BCUT2D eigenvalue weighted by molar-refractivity contribution is -0.116. The summed E-state index contributed by atoms with van der Waals surface area (Å²) in [5.41, 5.74) is 1.04. The van der Waals surface area contributed by atoms with Crippen molar-refractivity contribution >= 4 is 37.3 Å². The topological polar surface area (TPSA) is 104 Å². The first-order chi connectivity index (χ1) is 15.2. The summed E-state index contributed by atoms with van der Waals surface area (Å²) in [7, 11) is -7.79. The van der Waals surface area contributed by atoms with E-state index in [0.29, 0.717) is 17.4 Å². The van der Waals surface area contributed by atoms with Crippen LogP contribution < -0.4 is 13.9 Å². The molecule has 2 aromatic rings. The van der Waals surface area contributed by atoms with E-state index in [0.717, 1.165) is 5.69 Å². The zero-order valence-corrected chi connectivity index (χ0v) is 19.3. The third kappa shape index (κ3) is 4.19. The number of carbonyl (C=O) groups is 1. The van der Waals surface area contributed by atoms with Gasteiger partial charge in [-0.25, -0.2) is 21.1 Å². The van der Waals surface area contributed by atoms with Gasteiger partial charge in [-0.15, -0.1) is 0 Å². The van der Waals surface area contributed by atoms with Crippen LogP contribution in [0, 0.1) is 0 Å². The minimum atomic E-state index is -3.98. The summed E-state index contributed by atoms with van der Waals surface area (Å²) < 4.78 is 59.3. The Hall–Kier alpha value is -2.63. The van der Waals surface area contributed by atoms with E-state index < -0.39 is 26.0 Å². The smallest absolute Gasteiger partial charge is 0.246 e. The van der Waals surface area contributed by atoms with Crippen LogP contribution in [0.15, 0.2) is 53.4 Å². The zero-order chi connectivity index (χ0) is 22.9. The SMILES string of the molecule is CCOc1ccc(N2C(=O)CCS2(=O)=O)cc1S(=O)(=O)N1CCN(c2ccccc2)CC1. The van der Waals surface area contributed by atoms with Crippen molar-refractivity contribution in [2.45, 2.75) is 18.2 Å². The van der Waals surface area contributed by atoms with Crippen LogP contribution in [0.1, 0.15) is 13.3 Å². The van der Waals surface area contributed by atoms with E-state index in [2.05, 4.69) is 4.90 Å². The molecule has 32 heavy (non-hydrogen) atoms. The highest BCUT2D eigenvalue weighted by Crippen LogP contribution is 2.34. The van der Waals surface area contributed by atoms with Gasteiger partial charge in [0.15, 0.2) is 0 Å². The number of carbonyl (C=O) groups excluding carboxylic acids is 1. The first-order valence-electron chi connectivity index (χ1n) is 10.4. The predicted molar refractivity (Wildman–Crippen MR) is 121 cm³/mol. The van der Waals surface area contributed by atoms with Gasteiger partial charge in [0.2, 0.25) is 26.0 Å². The van der Waals surface area contributed by atoms with Crippen LogP contribution in [0.5, 0.6) is 5.75 Å². The van der Waals surface area contributed by atoms with Crippen molar-refractivity contribution in [1.82, 2.24) is 4.31 Å². The number of nitrogens with zero attached hydrogens (tertiary/aromatic N) is 3. The van der Waals surface area contributed by atoms with Gasteiger partial charge in [0.05, 0.1) is 18.0 Å². The second-order valence-corrected chi connectivity index (χ2v) is 11.4. The van der Waals surface area contributed by atoms with E-state index >= 15 is 0 Å². The molecule has 0 aliphatic carbocycles. The first-order valence-corrected chi connectivity index (χ1v) is 13.4. The molecule has 0 spiro atoms. The number of hydrogen-bond donors (Lipinski definition) is 0. The molecular formula is C21H25N3O6S2. The maximum atomic E-state index is 13.5. The molecule has 2 saturated heterocycles. The van der Waals surface area contributed by atoms with Crippen molar-refractivity contribution in [2.75, 3.05) is 47.7 Å². The third-order valence-corrected chi connectivity index (χ3v) is 9.13. The lowest BCUT2D eigenvalue weighted by atomic mass is 10.2. The molecule has 0 bridgehead atoms. The largest absolute Gasteiger partial charge is 0.492 e. The van der Waals surface area contributed by atoms with Crippen molar-refractivity contribution < 1.29 is 26.4 Å². The molecular weight excluding hydrogens is 454 g/mol. The summed E-state index contributed by atoms with van der Waals surface area (Å²) in [5.74, 6) is -0.734. The number of para-hydroxylation sites is 1. The van der Waals surface area contributed by atoms with Gasteiger partial charge in [0.25, 0.3) is 0 Å². The molecule has 2 heterocycles. The second-order valence-electron chi connectivity index (χ2n) is 7.51. The Morgan fingerprint density at radius 3 is 2.25 bits per heavy atom. The Kier molecular flexibility index (Phi) is 6.15. The van der Waals surface area contributed by atoms with E-state index in [1.807, 2.05) is 30.3 Å². The van der Waals surface area contributed by atoms with E-state index in [1.54, 1.807) is 6.92 Å². The Labute approximate surface area is 188 Å². The number of rotatable bonds is 6. The molecule has 172 valence electrons. The van der Waals surface area contributed by atoms with E-state index in [-0.39, 0.29) is 48.2 Å². The maximum Gasteiger partial charge on any atom is 0.246 e. The molecule has 4 rings (SSSR count). The fourth-order valence-corrected chi connectivity index (χ4v) is 6.96. The van der Waals surface area contributed by atoms with Gasteiger partial charge in [-0.1, -0.05) is 18.2 Å². The fourth-order valence-electron chi connectivity index (χ4n) is 3.93. The van der Waals surface area contributed by atoms with Gasteiger partial charge < -0.3 is 9.64 Å². The van der Waals surface area contributed by atoms with Crippen LogP contribution in [-0.4, -0.2) is 65.6 Å². The molecule has 0 saturated carbocycles. The minimum absolute atomic E-state index is 0.0115. The monoisotopic (exact) mass is 479 g/mol. The summed E-state index contributed by atoms with van der Waals surface area (Å²) >= 11 is 0. The van der Waals surface area contributed by atoms with Gasteiger partial charge in [-0.05, 0) is 37.3 Å². The Balaban J connectivity index is 1.64. The van der Waals surface area contributed by atoms with Crippen molar-refractivity contribution in [1.29, 1.82) is 0 Å². The zero-order valence-electron chi connectivity index (χ0n) is 17.7. The standard InChI is InChI=1S/C21H25N3O6S2/c1-2-30-19-9-8-18(24-21(25)10-15-31(24,26)27)16-20(19)32(28,29)23-13-11-22(12-14-23)17-6-4-3-5-7-17/h3-9,16H,2,10-15H2,1H3. The lowest BCUT2D eigenvalue weighted by Crippen LogP contribution is -2.48. The Morgan fingerprint density at radius 2 is 1.66 bits per heavy atom. The van der Waals surface area contributed by atoms with Crippen LogP contribution >= 0.6 is 0 Å². The van der Waals surface area contributed by atoms with Crippen LogP contribution in [0.25, 0.3) is 0 Å². The normalized spacial score (nSPS) is 19.3. The summed E-state index contributed by atoms with van der Waals surface area (Å²) in [6.07, 6.45) is -0.126. The van der Waals surface area contributed by atoms with Crippen molar-refractivity contribution in [3.05, 3.63) is 48.5 Å². The first kappa shape index (κ1) is 22.6. The Morgan fingerprint density at radius 1 is 0.969 bits per heavy atom. The number of sulfonamides is 2. The number of hydrogen-bond acceptors (Lipinski definition) is 7. The lowest BCUT2D eigenvalue weighted by Gasteiger charge is -2.35. The Bertz CT molecular complexity index is 1210. The number of amides is 1. The van der Waals surface area contributed by atoms with Crippen molar-refractivity contribution in [3.63, 3.8) is 0 Å². The molecule has 2 fully saturated rings. The highest BCUT2D eigenvalue weighted by molar-refractivity contribution is 7.94. The molecule has 11 heteroatoms. The summed E-state index contributed by atoms with van der Waals surface area (Å²) in [5, 5.41) is 0. The summed E-state index contributed by atoms with van der Waals surface area (Å²) in [4.78, 5) is 14.2. The number of anilines is 2. The van der Waals surface area contributed by atoms with Gasteiger partial charge in [-0.3, -0.25) is 4.79 Å². The van der Waals surface area contributed by atoms with E-state index in [1.165, 1.54) is 22.5 Å². The van der Waals surface area contributed by atoms with Crippen LogP contribution in [0.3, 0.4) is 0 Å². The summed E-state index contributed by atoms with van der Waals surface area (Å²) in [6, 6.07) is 13.8. The number of piperazine rings is 1. The molecule has 0 N–H and O–H groups in total. The van der Waals surface area contributed by atoms with E-state index in [4.69, 9.17) is 4.74 Å². The molecule has 1 amide bonds. The van der Waals surface area contributed by atoms with Crippen LogP contribution in [0.2, 0.25) is 0 Å². The molecule has 9 nitrogen and oxygen atoms in total. The maximum absolute atomic E-state index is 13.5. The van der Waals surface area contributed by atoms with Crippen molar-refractivity contribution in [2.24, 2.45) is 0 Å². The quantitative estimate of drug-likeness (QED) is 0.621. The highest BCUT2D eigenvalue weighted by atomic mass is 32.2. The molecule has 0 unspecified atom stereocenters. The van der Waals surface area contributed by atoms with Crippen molar-refractivity contribution in [3.8, 4) is 5.75 Å². The van der Waals surface area contributed by atoms with Gasteiger partial charge in [0, 0.05) is 38.3 Å². The van der Waals surface area contributed by atoms with Gasteiger partial charge in [0.1, 0.15) is 10.6 Å². The average Bonchev–Trinajstić information content (AvgIpc) is 3.07. The number of benzene rings is 2. The van der Waals surface area contributed by atoms with Gasteiger partial charge in [-0.2, -0.15) is 4.31 Å². The van der Waals surface area contributed by atoms with E-state index in [9.17, 15) is 21.6 Å². The predicted octanol–water partition coefficient (Wildman–Crippen LogP) is 1.66. The second kappa shape index (κ2) is 8.72. The molecule has 0 atom stereocenters. The highest BCUT2D eigenvalue weighted by Gasteiger charge is 2.38. The fraction of sp³-hybridized carbons (Fsp3) is 0.381.